The van der Waals surface area contributed by atoms with E-state index in [-0.39, 0.29) is 5.23 Å². The van der Waals surface area contributed by atoms with E-state index in [1.165, 1.54) is 0 Å². The molecule has 0 radical (unpaired) electrons. The molecule has 126 valence electrons. The summed E-state index contributed by atoms with van der Waals surface area (Å²) in [5.74, 6) is 2.57. The number of rotatable bonds is 6. The van der Waals surface area contributed by atoms with Crippen LogP contribution in [-0.2, 0) is 0 Å². The second kappa shape index (κ2) is 9.29. The molecular formula is C22H21NO2. The molecule has 0 spiro atoms. The molecule has 0 aliphatic carbocycles. The van der Waals surface area contributed by atoms with Gasteiger partial charge in [0, 0.05) is 17.6 Å². The van der Waals surface area contributed by atoms with Crippen LogP contribution < -0.4 is 0 Å². The second-order valence-corrected chi connectivity index (χ2v) is 5.30. The quantitative estimate of drug-likeness (QED) is 0.332. The molecule has 2 aromatic rings. The fraction of sp³-hybridized carbons (Fsp3) is 0.0909. The molecule has 2 aromatic carbocycles. The molecule has 0 saturated heterocycles. The maximum absolute atomic E-state index is 9.96. The highest BCUT2D eigenvalue weighted by Crippen LogP contribution is 2.34. The van der Waals surface area contributed by atoms with E-state index in [9.17, 15) is 10.4 Å². The van der Waals surface area contributed by atoms with Gasteiger partial charge in [-0.15, -0.1) is 17.6 Å². The van der Waals surface area contributed by atoms with Crippen molar-refractivity contribution in [1.82, 2.24) is 5.23 Å². The minimum Gasteiger partial charge on any atom is -0.264 e. The molecule has 0 heterocycles. The van der Waals surface area contributed by atoms with E-state index in [1.807, 2.05) is 85.8 Å². The Hall–Kier alpha value is -3.06. The molecule has 3 heteroatoms. The van der Waals surface area contributed by atoms with Gasteiger partial charge in [-0.25, -0.2) is 0 Å². The standard InChI is InChI=1S/C22H21NO2/c1-3-5-8-13-18(4-2)21(19-14-9-6-10-15-19)22(23(24)25)20-16-11-7-12-17-20/h1,4,6-17,24-25H,5H2,2H3/b13-8?,18-4+,22-21+. The minimum absolute atomic E-state index is 0.177. The lowest BCUT2D eigenvalue weighted by Gasteiger charge is -2.20. The van der Waals surface area contributed by atoms with Crippen LogP contribution in [0, 0.1) is 12.3 Å². The topological polar surface area (TPSA) is 43.7 Å². The smallest absolute Gasteiger partial charge is 0.110 e. The van der Waals surface area contributed by atoms with Crippen LogP contribution in [-0.4, -0.2) is 15.6 Å². The number of hydrogen-bond acceptors (Lipinski definition) is 3. The molecule has 25 heavy (non-hydrogen) atoms. The van der Waals surface area contributed by atoms with E-state index in [1.54, 1.807) is 0 Å². The third kappa shape index (κ3) is 4.71. The van der Waals surface area contributed by atoms with E-state index >= 15 is 0 Å². The third-order valence-corrected chi connectivity index (χ3v) is 3.68. The van der Waals surface area contributed by atoms with Crippen molar-refractivity contribution in [1.29, 1.82) is 0 Å². The van der Waals surface area contributed by atoms with Crippen LogP contribution in [0.4, 0.5) is 0 Å². The molecule has 0 amide bonds. The Balaban J connectivity index is 2.74. The highest BCUT2D eigenvalue weighted by atomic mass is 16.8. The first kappa shape index (κ1) is 18.3. The van der Waals surface area contributed by atoms with Gasteiger partial charge in [-0.2, -0.15) is 0 Å². The molecule has 0 atom stereocenters. The maximum atomic E-state index is 9.96. The molecule has 0 fully saturated rings. The minimum atomic E-state index is 0.177. The summed E-state index contributed by atoms with van der Waals surface area (Å²) in [6.07, 6.45) is 11.5. The van der Waals surface area contributed by atoms with Gasteiger partial charge >= 0.3 is 0 Å². The van der Waals surface area contributed by atoms with Crippen molar-refractivity contribution >= 4 is 11.3 Å². The molecule has 0 aliphatic heterocycles. The zero-order chi connectivity index (χ0) is 18.1. The Morgan fingerprint density at radius 2 is 1.56 bits per heavy atom. The number of hydroxylamine groups is 2. The van der Waals surface area contributed by atoms with Gasteiger partial charge in [0.15, 0.2) is 0 Å². The number of allylic oxidation sites excluding steroid dienone is 5. The molecule has 0 bridgehead atoms. The largest absolute Gasteiger partial charge is 0.264 e. The normalized spacial score (nSPS) is 12.6. The fourth-order valence-corrected chi connectivity index (χ4v) is 2.58. The van der Waals surface area contributed by atoms with Crippen molar-refractivity contribution in [3.05, 3.63) is 95.6 Å². The summed E-state index contributed by atoms with van der Waals surface area (Å²) in [6.45, 7) is 1.90. The predicted molar refractivity (Wildman–Crippen MR) is 101 cm³/mol. The zero-order valence-electron chi connectivity index (χ0n) is 14.1. The first-order chi connectivity index (χ1) is 12.2. The van der Waals surface area contributed by atoms with Gasteiger partial charge in [-0.1, -0.05) is 78.9 Å². The van der Waals surface area contributed by atoms with E-state index < -0.39 is 0 Å². The molecule has 2 rings (SSSR count). The predicted octanol–water partition coefficient (Wildman–Crippen LogP) is 5.16. The Labute approximate surface area is 148 Å². The van der Waals surface area contributed by atoms with Crippen molar-refractivity contribution in [3.63, 3.8) is 0 Å². The van der Waals surface area contributed by atoms with Crippen molar-refractivity contribution in [3.8, 4) is 12.3 Å². The van der Waals surface area contributed by atoms with Crippen LogP contribution in [0.25, 0.3) is 11.3 Å². The second-order valence-electron chi connectivity index (χ2n) is 5.30. The van der Waals surface area contributed by atoms with Crippen molar-refractivity contribution in [2.45, 2.75) is 13.3 Å². The van der Waals surface area contributed by atoms with Crippen LogP contribution in [0.2, 0.25) is 0 Å². The monoisotopic (exact) mass is 331 g/mol. The summed E-state index contributed by atoms with van der Waals surface area (Å²) < 4.78 is 0. The average molecular weight is 331 g/mol. The Morgan fingerprint density at radius 1 is 1.00 bits per heavy atom. The van der Waals surface area contributed by atoms with Crippen LogP contribution >= 0.6 is 0 Å². The van der Waals surface area contributed by atoms with Crippen molar-refractivity contribution in [2.24, 2.45) is 0 Å². The molecule has 0 saturated carbocycles. The maximum Gasteiger partial charge on any atom is 0.110 e. The van der Waals surface area contributed by atoms with E-state index in [4.69, 9.17) is 6.42 Å². The molecule has 2 N–H and O–H groups in total. The summed E-state index contributed by atoms with van der Waals surface area (Å²) in [5.41, 5.74) is 3.40. The SMILES string of the molecule is C#CCC=CC(=C\C)/C(=C(/c1ccccc1)N(O)O)c1ccccc1. The highest BCUT2D eigenvalue weighted by Gasteiger charge is 2.18. The number of hydrogen-bond donors (Lipinski definition) is 2. The zero-order valence-corrected chi connectivity index (χ0v) is 14.1. The Bertz CT molecular complexity index is 810. The van der Waals surface area contributed by atoms with E-state index in [2.05, 4.69) is 5.92 Å². The van der Waals surface area contributed by atoms with Crippen LogP contribution in [0.3, 0.4) is 0 Å². The Morgan fingerprint density at radius 3 is 2.04 bits per heavy atom. The van der Waals surface area contributed by atoms with Crippen LogP contribution in [0.15, 0.2) is 84.5 Å². The summed E-state index contributed by atoms with van der Waals surface area (Å²) in [4.78, 5) is 0. The van der Waals surface area contributed by atoms with Gasteiger partial charge in [0.25, 0.3) is 0 Å². The first-order valence-electron chi connectivity index (χ1n) is 7.98. The molecule has 0 unspecified atom stereocenters. The lowest BCUT2D eigenvalue weighted by molar-refractivity contribution is -0.255. The van der Waals surface area contributed by atoms with E-state index in [0.29, 0.717) is 23.3 Å². The Kier molecular flexibility index (Phi) is 6.79. The third-order valence-electron chi connectivity index (χ3n) is 3.68. The van der Waals surface area contributed by atoms with Gasteiger partial charge in [0.2, 0.25) is 0 Å². The lowest BCUT2D eigenvalue weighted by Crippen LogP contribution is -2.14. The average Bonchev–Trinajstić information content (AvgIpc) is 2.65. The molecule has 0 aliphatic rings. The lowest BCUT2D eigenvalue weighted by atomic mass is 9.92. The fourth-order valence-electron chi connectivity index (χ4n) is 2.58. The van der Waals surface area contributed by atoms with Crippen molar-refractivity contribution in [2.75, 3.05) is 0 Å². The van der Waals surface area contributed by atoms with Gasteiger partial charge in [-0.3, -0.25) is 10.4 Å². The number of nitrogens with zero attached hydrogens (tertiary/aromatic N) is 1. The molecule has 0 aromatic heterocycles. The van der Waals surface area contributed by atoms with Crippen LogP contribution in [0.5, 0.6) is 0 Å². The molecule has 3 nitrogen and oxygen atoms in total. The van der Waals surface area contributed by atoms with Gasteiger partial charge in [0.05, 0.1) is 0 Å². The van der Waals surface area contributed by atoms with Crippen LogP contribution in [0.1, 0.15) is 24.5 Å². The number of benzene rings is 2. The van der Waals surface area contributed by atoms with E-state index in [0.717, 1.165) is 11.1 Å². The first-order valence-corrected chi connectivity index (χ1v) is 7.98. The van der Waals surface area contributed by atoms with Gasteiger partial charge in [0.1, 0.15) is 5.70 Å². The number of terminal acetylenes is 1. The summed E-state index contributed by atoms with van der Waals surface area (Å²) in [6, 6.07) is 18.8. The summed E-state index contributed by atoms with van der Waals surface area (Å²) in [7, 11) is 0. The summed E-state index contributed by atoms with van der Waals surface area (Å²) in [5, 5.41) is 20.1. The molecular weight excluding hydrogens is 310 g/mol. The summed E-state index contributed by atoms with van der Waals surface area (Å²) >= 11 is 0. The highest BCUT2D eigenvalue weighted by molar-refractivity contribution is 5.98. The van der Waals surface area contributed by atoms with Crippen molar-refractivity contribution < 1.29 is 10.4 Å². The van der Waals surface area contributed by atoms with Gasteiger partial charge in [-0.05, 0) is 18.1 Å². The van der Waals surface area contributed by atoms with Gasteiger partial charge < -0.3 is 0 Å².